The number of nitrogens with one attached hydrogen (secondary N) is 2. The number of methoxy groups -OCH3 is 1. The third kappa shape index (κ3) is 6.71. The summed E-state index contributed by atoms with van der Waals surface area (Å²) >= 11 is 11.9. The standard InChI is InChI=1S/C20H23Cl2N3O3/c1-13(14-5-4-6-15(21)9-14)23-19(26)11-25(2)12-20(27)24-17-10-16(22)7-8-18(17)28-3/h4-10,13H,11-12H2,1-3H3,(H,23,26)(H,24,27)/t13-/m0/s1. The molecule has 1 atom stereocenters. The predicted molar refractivity (Wildman–Crippen MR) is 112 cm³/mol. The molecule has 2 N–H and O–H groups in total. The van der Waals surface area contributed by atoms with Gasteiger partial charge in [-0.1, -0.05) is 35.3 Å². The topological polar surface area (TPSA) is 70.7 Å². The first kappa shape index (κ1) is 22.0. The van der Waals surface area contributed by atoms with Gasteiger partial charge in [-0.15, -0.1) is 0 Å². The summed E-state index contributed by atoms with van der Waals surface area (Å²) in [4.78, 5) is 26.1. The second-order valence-corrected chi connectivity index (χ2v) is 7.28. The molecule has 0 saturated carbocycles. The summed E-state index contributed by atoms with van der Waals surface area (Å²) in [6.07, 6.45) is 0. The minimum Gasteiger partial charge on any atom is -0.495 e. The molecule has 8 heteroatoms. The van der Waals surface area contributed by atoms with Crippen molar-refractivity contribution in [3.05, 3.63) is 58.1 Å². The van der Waals surface area contributed by atoms with Crippen LogP contribution in [0.2, 0.25) is 10.0 Å². The summed E-state index contributed by atoms with van der Waals surface area (Å²) in [6.45, 7) is 1.99. The number of nitrogens with zero attached hydrogens (tertiary/aromatic N) is 1. The van der Waals surface area contributed by atoms with Crippen molar-refractivity contribution in [2.45, 2.75) is 13.0 Å². The smallest absolute Gasteiger partial charge is 0.238 e. The summed E-state index contributed by atoms with van der Waals surface area (Å²) in [7, 11) is 3.20. The number of carbonyl (C=O) groups excluding carboxylic acids is 2. The van der Waals surface area contributed by atoms with Gasteiger partial charge in [-0.2, -0.15) is 0 Å². The molecular formula is C20H23Cl2N3O3. The van der Waals surface area contributed by atoms with Crippen molar-refractivity contribution in [3.8, 4) is 5.75 Å². The van der Waals surface area contributed by atoms with Crippen LogP contribution in [0.5, 0.6) is 5.75 Å². The van der Waals surface area contributed by atoms with Gasteiger partial charge in [0.15, 0.2) is 0 Å². The summed E-state index contributed by atoms with van der Waals surface area (Å²) in [5.41, 5.74) is 1.39. The molecule has 0 aliphatic carbocycles. The molecule has 2 amide bonds. The van der Waals surface area contributed by atoms with E-state index in [1.54, 1.807) is 36.2 Å². The summed E-state index contributed by atoms with van der Waals surface area (Å²) in [5, 5.41) is 6.74. The Morgan fingerprint density at radius 3 is 2.43 bits per heavy atom. The van der Waals surface area contributed by atoms with E-state index in [9.17, 15) is 9.59 Å². The molecule has 0 radical (unpaired) electrons. The zero-order valence-electron chi connectivity index (χ0n) is 16.0. The van der Waals surface area contributed by atoms with Crippen molar-refractivity contribution in [3.63, 3.8) is 0 Å². The lowest BCUT2D eigenvalue weighted by Crippen LogP contribution is -2.39. The van der Waals surface area contributed by atoms with Crippen molar-refractivity contribution in [1.82, 2.24) is 10.2 Å². The number of ether oxygens (including phenoxy) is 1. The molecule has 0 aromatic heterocycles. The van der Waals surface area contributed by atoms with Gasteiger partial charge in [-0.05, 0) is 49.9 Å². The quantitative estimate of drug-likeness (QED) is 0.677. The predicted octanol–water partition coefficient (Wildman–Crippen LogP) is 3.75. The van der Waals surface area contributed by atoms with Crippen molar-refractivity contribution in [1.29, 1.82) is 0 Å². The Bertz CT molecular complexity index is 845. The van der Waals surface area contributed by atoms with Crippen LogP contribution in [0, 0.1) is 0 Å². The van der Waals surface area contributed by atoms with Gasteiger partial charge in [0.2, 0.25) is 11.8 Å². The van der Waals surface area contributed by atoms with E-state index in [0.717, 1.165) is 5.56 Å². The molecule has 0 aliphatic rings. The van der Waals surface area contributed by atoms with Crippen LogP contribution in [0.3, 0.4) is 0 Å². The number of anilines is 1. The SMILES string of the molecule is COc1ccc(Cl)cc1NC(=O)CN(C)CC(=O)N[C@@H](C)c1cccc(Cl)c1. The van der Waals surface area contributed by atoms with Crippen LogP contribution in [-0.2, 0) is 9.59 Å². The van der Waals surface area contributed by atoms with Gasteiger partial charge in [0.05, 0.1) is 31.9 Å². The molecule has 0 unspecified atom stereocenters. The van der Waals surface area contributed by atoms with Crippen LogP contribution in [0.4, 0.5) is 5.69 Å². The van der Waals surface area contributed by atoms with Crippen LogP contribution in [0.15, 0.2) is 42.5 Å². The third-order valence-corrected chi connectivity index (χ3v) is 4.46. The Balaban J connectivity index is 1.85. The Morgan fingerprint density at radius 1 is 1.07 bits per heavy atom. The number of hydrogen-bond donors (Lipinski definition) is 2. The number of carbonyl (C=O) groups is 2. The molecule has 28 heavy (non-hydrogen) atoms. The third-order valence-electron chi connectivity index (χ3n) is 3.99. The Labute approximate surface area is 174 Å². The van der Waals surface area contributed by atoms with Crippen LogP contribution < -0.4 is 15.4 Å². The maximum atomic E-state index is 12.3. The number of likely N-dealkylation sites (N-methyl/N-ethyl adjacent to an activating group) is 1. The van der Waals surface area contributed by atoms with Crippen molar-refractivity contribution < 1.29 is 14.3 Å². The largest absolute Gasteiger partial charge is 0.495 e. The summed E-state index contributed by atoms with van der Waals surface area (Å²) < 4.78 is 5.20. The minimum atomic E-state index is -0.279. The number of halogens is 2. The molecule has 0 fully saturated rings. The molecule has 0 heterocycles. The van der Waals surface area contributed by atoms with Crippen molar-refractivity contribution in [2.75, 3.05) is 32.6 Å². The fourth-order valence-corrected chi connectivity index (χ4v) is 3.03. The zero-order valence-corrected chi connectivity index (χ0v) is 17.5. The number of amides is 2. The van der Waals surface area contributed by atoms with Gasteiger partial charge < -0.3 is 15.4 Å². The number of hydrogen-bond acceptors (Lipinski definition) is 4. The van der Waals surface area contributed by atoms with E-state index in [1.165, 1.54) is 7.11 Å². The average Bonchev–Trinajstić information content (AvgIpc) is 2.61. The Morgan fingerprint density at radius 2 is 1.75 bits per heavy atom. The number of rotatable bonds is 8. The molecule has 0 aliphatic heterocycles. The van der Waals surface area contributed by atoms with Crippen LogP contribution in [-0.4, -0.2) is 44.0 Å². The lowest BCUT2D eigenvalue weighted by molar-refractivity contribution is -0.123. The summed E-state index contributed by atoms with van der Waals surface area (Å²) in [6, 6.07) is 12.1. The summed E-state index contributed by atoms with van der Waals surface area (Å²) in [5.74, 6) is 0.0374. The molecular weight excluding hydrogens is 401 g/mol. The van der Waals surface area contributed by atoms with Gasteiger partial charge in [0.1, 0.15) is 5.75 Å². The average molecular weight is 424 g/mol. The van der Waals surface area contributed by atoms with Crippen molar-refractivity contribution in [2.24, 2.45) is 0 Å². The lowest BCUT2D eigenvalue weighted by Gasteiger charge is -2.19. The first-order chi connectivity index (χ1) is 13.3. The molecule has 150 valence electrons. The van der Waals surface area contributed by atoms with E-state index in [4.69, 9.17) is 27.9 Å². The fraction of sp³-hybridized carbons (Fsp3) is 0.300. The maximum absolute atomic E-state index is 12.3. The second kappa shape index (κ2) is 10.3. The highest BCUT2D eigenvalue weighted by molar-refractivity contribution is 6.31. The van der Waals surface area contributed by atoms with Crippen LogP contribution >= 0.6 is 23.2 Å². The van der Waals surface area contributed by atoms with Gasteiger partial charge >= 0.3 is 0 Å². The molecule has 2 rings (SSSR count). The molecule has 2 aromatic carbocycles. The molecule has 0 bridgehead atoms. The molecule has 0 spiro atoms. The highest BCUT2D eigenvalue weighted by Gasteiger charge is 2.15. The van der Waals surface area contributed by atoms with E-state index < -0.39 is 0 Å². The first-order valence-electron chi connectivity index (χ1n) is 8.65. The molecule has 2 aromatic rings. The molecule has 0 saturated heterocycles. The Kier molecular flexibility index (Phi) is 8.11. The van der Waals surface area contributed by atoms with Gasteiger partial charge in [0.25, 0.3) is 0 Å². The normalized spacial score (nSPS) is 11.8. The van der Waals surface area contributed by atoms with Gasteiger partial charge in [-0.25, -0.2) is 0 Å². The second-order valence-electron chi connectivity index (χ2n) is 6.41. The highest BCUT2D eigenvalue weighted by Crippen LogP contribution is 2.27. The van der Waals surface area contributed by atoms with E-state index >= 15 is 0 Å². The van der Waals surface area contributed by atoms with Crippen molar-refractivity contribution >= 4 is 40.7 Å². The Hall–Kier alpha value is -2.28. The minimum absolute atomic E-state index is 0.0363. The lowest BCUT2D eigenvalue weighted by atomic mass is 10.1. The van der Waals surface area contributed by atoms with Gasteiger partial charge in [0, 0.05) is 10.0 Å². The van der Waals surface area contributed by atoms with Crippen LogP contribution in [0.1, 0.15) is 18.5 Å². The monoisotopic (exact) mass is 423 g/mol. The zero-order chi connectivity index (χ0) is 20.7. The first-order valence-corrected chi connectivity index (χ1v) is 9.41. The number of benzene rings is 2. The maximum Gasteiger partial charge on any atom is 0.238 e. The van der Waals surface area contributed by atoms with E-state index in [2.05, 4.69) is 10.6 Å². The van der Waals surface area contributed by atoms with E-state index in [0.29, 0.717) is 21.5 Å². The van der Waals surface area contributed by atoms with Gasteiger partial charge in [-0.3, -0.25) is 14.5 Å². The van der Waals surface area contributed by atoms with E-state index in [1.807, 2.05) is 25.1 Å². The fourth-order valence-electron chi connectivity index (χ4n) is 2.66. The van der Waals surface area contributed by atoms with E-state index in [-0.39, 0.29) is 30.9 Å². The molecule has 6 nitrogen and oxygen atoms in total. The highest BCUT2D eigenvalue weighted by atomic mass is 35.5. The van der Waals surface area contributed by atoms with Crippen LogP contribution in [0.25, 0.3) is 0 Å².